The fourth-order valence-corrected chi connectivity index (χ4v) is 5.25. The Morgan fingerprint density at radius 3 is 2.17 bits per heavy atom. The normalized spacial score (nSPS) is 14.6. The van der Waals surface area contributed by atoms with Crippen molar-refractivity contribution in [2.45, 2.75) is 26.9 Å². The number of carbonyl (C=O) groups excluding carboxylic acids is 3. The lowest BCUT2D eigenvalue weighted by Gasteiger charge is -2.26. The Labute approximate surface area is 237 Å². The van der Waals surface area contributed by atoms with Crippen LogP contribution in [0.1, 0.15) is 29.2 Å². The number of aryl methyl sites for hydroxylation is 2. The van der Waals surface area contributed by atoms with Gasteiger partial charge in [0.2, 0.25) is 0 Å². The minimum atomic E-state index is -0.776. The molecule has 0 saturated carbocycles. The first kappa shape index (κ1) is 26.0. The van der Waals surface area contributed by atoms with Gasteiger partial charge in [-0.2, -0.15) is 0 Å². The third kappa shape index (κ3) is 4.85. The number of barbiturate groups is 1. The quantitative estimate of drug-likeness (QED) is 0.184. The second-order valence-electron chi connectivity index (χ2n) is 10.0. The van der Waals surface area contributed by atoms with Crippen LogP contribution in [0.3, 0.4) is 0 Å². The number of benzene rings is 5. The second-order valence-corrected chi connectivity index (χ2v) is 10.0. The number of hydrogen-bond acceptors (Lipinski definition) is 4. The lowest BCUT2D eigenvalue weighted by atomic mass is 9.99. The lowest BCUT2D eigenvalue weighted by molar-refractivity contribution is -0.122. The maximum absolute atomic E-state index is 13.7. The number of amides is 4. The number of ether oxygens (including phenoxy) is 1. The van der Waals surface area contributed by atoms with Crippen molar-refractivity contribution in [3.8, 4) is 5.75 Å². The van der Waals surface area contributed by atoms with Gasteiger partial charge in [0.1, 0.15) is 17.9 Å². The molecule has 0 bridgehead atoms. The Bertz CT molecular complexity index is 1870. The van der Waals surface area contributed by atoms with E-state index in [1.54, 1.807) is 12.1 Å². The summed E-state index contributed by atoms with van der Waals surface area (Å²) in [5.41, 5.74) is 4.08. The molecular weight excluding hydrogens is 512 g/mol. The minimum absolute atomic E-state index is 0.147. The molecule has 0 atom stereocenters. The molecular formula is C35H28N2O4. The average molecular weight is 541 g/mol. The van der Waals surface area contributed by atoms with Crippen LogP contribution in [0.15, 0.2) is 103 Å². The second kappa shape index (κ2) is 10.7. The molecule has 1 fully saturated rings. The average Bonchev–Trinajstić information content (AvgIpc) is 2.99. The molecule has 41 heavy (non-hydrogen) atoms. The van der Waals surface area contributed by atoms with Crippen LogP contribution in [0.25, 0.3) is 27.6 Å². The van der Waals surface area contributed by atoms with E-state index in [0.717, 1.165) is 49.6 Å². The molecule has 0 aromatic heterocycles. The molecule has 1 heterocycles. The van der Waals surface area contributed by atoms with Gasteiger partial charge in [0.05, 0.1) is 5.69 Å². The molecule has 0 unspecified atom stereocenters. The molecule has 1 aliphatic heterocycles. The molecule has 4 amide bonds. The van der Waals surface area contributed by atoms with Gasteiger partial charge in [0.25, 0.3) is 11.8 Å². The summed E-state index contributed by atoms with van der Waals surface area (Å²) in [6.07, 6.45) is 2.36. The maximum atomic E-state index is 13.7. The topological polar surface area (TPSA) is 75.7 Å². The highest BCUT2D eigenvalue weighted by molar-refractivity contribution is 6.39. The van der Waals surface area contributed by atoms with E-state index >= 15 is 0 Å². The molecule has 5 aromatic carbocycles. The fraction of sp³-hybridized carbons (Fsp3) is 0.114. The van der Waals surface area contributed by atoms with Crippen molar-refractivity contribution in [1.29, 1.82) is 0 Å². The Hall–Kier alpha value is -5.23. The van der Waals surface area contributed by atoms with Crippen LogP contribution in [-0.4, -0.2) is 17.8 Å². The SMILES string of the molecule is CCc1ccc(N2C(=O)NC(=O)/C(=C\c3c(OCc4c(C)ccc5ccccc45)ccc4ccccc34)C2=O)cc1. The van der Waals surface area contributed by atoms with Crippen molar-refractivity contribution in [2.24, 2.45) is 0 Å². The first-order valence-corrected chi connectivity index (χ1v) is 13.6. The highest BCUT2D eigenvalue weighted by atomic mass is 16.5. The summed E-state index contributed by atoms with van der Waals surface area (Å²) >= 11 is 0. The summed E-state index contributed by atoms with van der Waals surface area (Å²) < 4.78 is 6.42. The molecule has 0 aliphatic carbocycles. The largest absolute Gasteiger partial charge is 0.488 e. The first-order valence-electron chi connectivity index (χ1n) is 13.6. The summed E-state index contributed by atoms with van der Waals surface area (Å²) in [6.45, 7) is 4.38. The molecule has 6 rings (SSSR count). The van der Waals surface area contributed by atoms with E-state index in [4.69, 9.17) is 4.74 Å². The molecule has 202 valence electrons. The predicted molar refractivity (Wildman–Crippen MR) is 162 cm³/mol. The van der Waals surface area contributed by atoms with E-state index in [-0.39, 0.29) is 5.57 Å². The van der Waals surface area contributed by atoms with Gasteiger partial charge in [-0.3, -0.25) is 14.9 Å². The summed E-state index contributed by atoms with van der Waals surface area (Å²) in [6, 6.07) is 30.2. The Kier molecular flexibility index (Phi) is 6.81. The Balaban J connectivity index is 1.42. The lowest BCUT2D eigenvalue weighted by Crippen LogP contribution is -2.54. The van der Waals surface area contributed by atoms with Crippen LogP contribution in [0.2, 0.25) is 0 Å². The molecule has 1 N–H and O–H groups in total. The monoisotopic (exact) mass is 540 g/mol. The smallest absolute Gasteiger partial charge is 0.335 e. The van der Waals surface area contributed by atoms with Gasteiger partial charge in [-0.1, -0.05) is 85.8 Å². The van der Waals surface area contributed by atoms with Crippen LogP contribution < -0.4 is 15.0 Å². The molecule has 1 aliphatic rings. The number of nitrogens with zero attached hydrogens (tertiary/aromatic N) is 1. The standard InChI is InChI=1S/C35H28N2O4/c1-3-23-13-17-26(18-14-23)37-34(39)30(33(38)36-35(37)40)20-29-27-10-6-4-9-25(27)16-19-32(29)41-21-31-22(2)12-15-24-8-5-7-11-28(24)31/h4-20H,3,21H2,1-2H3,(H,36,38,40)/b30-20+. The van der Waals surface area contributed by atoms with Crippen LogP contribution >= 0.6 is 0 Å². The van der Waals surface area contributed by atoms with Crippen LogP contribution in [0.4, 0.5) is 10.5 Å². The van der Waals surface area contributed by atoms with Gasteiger partial charge in [-0.15, -0.1) is 0 Å². The number of carbonyl (C=O) groups is 3. The zero-order valence-electron chi connectivity index (χ0n) is 22.8. The van der Waals surface area contributed by atoms with Crippen molar-refractivity contribution >= 4 is 51.2 Å². The first-order chi connectivity index (χ1) is 19.9. The molecule has 6 nitrogen and oxygen atoms in total. The Morgan fingerprint density at radius 1 is 0.780 bits per heavy atom. The van der Waals surface area contributed by atoms with Gasteiger partial charge >= 0.3 is 6.03 Å². The van der Waals surface area contributed by atoms with E-state index in [1.165, 1.54) is 6.08 Å². The fourth-order valence-electron chi connectivity index (χ4n) is 5.25. The summed E-state index contributed by atoms with van der Waals surface area (Å²) in [5.74, 6) is -0.906. The van der Waals surface area contributed by atoms with Crippen LogP contribution in [0.5, 0.6) is 5.75 Å². The number of urea groups is 1. The van der Waals surface area contributed by atoms with Gasteiger partial charge < -0.3 is 4.74 Å². The van der Waals surface area contributed by atoms with Crippen molar-refractivity contribution in [3.05, 3.63) is 125 Å². The number of fused-ring (bicyclic) bond motifs is 2. The molecule has 6 heteroatoms. The van der Waals surface area contributed by atoms with Crippen LogP contribution in [0, 0.1) is 6.92 Å². The zero-order chi connectivity index (χ0) is 28.5. The zero-order valence-corrected chi connectivity index (χ0v) is 22.8. The van der Waals surface area contributed by atoms with Gasteiger partial charge in [-0.05, 0) is 70.3 Å². The van der Waals surface area contributed by atoms with Gasteiger partial charge in [0.15, 0.2) is 0 Å². The molecule has 0 spiro atoms. The van der Waals surface area contributed by atoms with E-state index < -0.39 is 17.8 Å². The van der Waals surface area contributed by atoms with Gasteiger partial charge in [0, 0.05) is 11.1 Å². The number of rotatable bonds is 6. The van der Waals surface area contributed by atoms with Crippen LogP contribution in [-0.2, 0) is 22.6 Å². The number of imide groups is 2. The third-order valence-electron chi connectivity index (χ3n) is 7.57. The van der Waals surface area contributed by atoms with E-state index in [1.807, 2.05) is 67.6 Å². The predicted octanol–water partition coefficient (Wildman–Crippen LogP) is 7.11. The molecule has 5 aromatic rings. The summed E-state index contributed by atoms with van der Waals surface area (Å²) in [7, 11) is 0. The van der Waals surface area contributed by atoms with E-state index in [2.05, 4.69) is 36.5 Å². The van der Waals surface area contributed by atoms with E-state index in [0.29, 0.717) is 23.6 Å². The van der Waals surface area contributed by atoms with Crippen molar-refractivity contribution in [3.63, 3.8) is 0 Å². The number of hydrogen-bond donors (Lipinski definition) is 1. The molecule has 1 saturated heterocycles. The maximum Gasteiger partial charge on any atom is 0.335 e. The summed E-state index contributed by atoms with van der Waals surface area (Å²) in [5, 5.41) is 6.31. The Morgan fingerprint density at radius 2 is 1.44 bits per heavy atom. The third-order valence-corrected chi connectivity index (χ3v) is 7.57. The van der Waals surface area contributed by atoms with Crippen molar-refractivity contribution < 1.29 is 19.1 Å². The molecule has 0 radical (unpaired) electrons. The minimum Gasteiger partial charge on any atom is -0.488 e. The highest BCUT2D eigenvalue weighted by Gasteiger charge is 2.37. The van der Waals surface area contributed by atoms with Crippen molar-refractivity contribution in [2.75, 3.05) is 4.90 Å². The van der Waals surface area contributed by atoms with E-state index in [9.17, 15) is 14.4 Å². The summed E-state index contributed by atoms with van der Waals surface area (Å²) in [4.78, 5) is 40.4. The number of anilines is 1. The highest BCUT2D eigenvalue weighted by Crippen LogP contribution is 2.33. The van der Waals surface area contributed by atoms with Crippen molar-refractivity contribution in [1.82, 2.24) is 5.32 Å². The number of nitrogens with one attached hydrogen (secondary N) is 1. The van der Waals surface area contributed by atoms with Gasteiger partial charge in [-0.25, -0.2) is 9.69 Å².